The molecule has 9 heteroatoms. The Kier molecular flexibility index (Phi) is 4.54. The molecule has 4 rings (SSSR count). The van der Waals surface area contributed by atoms with Crippen molar-refractivity contribution in [3.05, 3.63) is 41.7 Å². The molecule has 3 heterocycles. The van der Waals surface area contributed by atoms with Gasteiger partial charge in [0.1, 0.15) is 22.4 Å². The Morgan fingerprint density at radius 3 is 2.77 bits per heavy atom. The monoisotopic (exact) mass is 380 g/mol. The van der Waals surface area contributed by atoms with E-state index >= 15 is 0 Å². The van der Waals surface area contributed by atoms with Crippen LogP contribution in [0, 0.1) is 5.82 Å². The molecule has 0 N–H and O–H groups in total. The van der Waals surface area contributed by atoms with Gasteiger partial charge in [-0.1, -0.05) is 12.1 Å². The third kappa shape index (κ3) is 2.83. The number of hydrogen-bond donors (Lipinski definition) is 0. The number of benzene rings is 1. The normalized spacial score (nSPS) is 23.0. The summed E-state index contributed by atoms with van der Waals surface area (Å²) in [6.45, 7) is 1.02. The summed E-state index contributed by atoms with van der Waals surface area (Å²) in [5, 5.41) is 8.50. The van der Waals surface area contributed by atoms with Gasteiger partial charge in [0, 0.05) is 38.6 Å². The van der Waals surface area contributed by atoms with E-state index in [0.29, 0.717) is 26.0 Å². The number of aromatic nitrogens is 3. The van der Waals surface area contributed by atoms with Gasteiger partial charge >= 0.3 is 0 Å². The summed E-state index contributed by atoms with van der Waals surface area (Å²) in [6.07, 6.45) is 2.61. The Morgan fingerprint density at radius 1 is 1.23 bits per heavy atom. The van der Waals surface area contributed by atoms with Gasteiger partial charge in [-0.2, -0.15) is 4.31 Å². The van der Waals surface area contributed by atoms with E-state index in [0.717, 1.165) is 24.5 Å². The van der Waals surface area contributed by atoms with Crippen molar-refractivity contribution in [2.24, 2.45) is 0 Å². The first-order chi connectivity index (χ1) is 12.5. The molecule has 2 aliphatic rings. The molecule has 140 valence electrons. The fourth-order valence-corrected chi connectivity index (χ4v) is 5.92. The van der Waals surface area contributed by atoms with Gasteiger partial charge < -0.3 is 9.30 Å². The highest BCUT2D eigenvalue weighted by Gasteiger charge is 2.46. The summed E-state index contributed by atoms with van der Waals surface area (Å²) >= 11 is 0. The van der Waals surface area contributed by atoms with Crippen LogP contribution in [0.15, 0.2) is 29.2 Å². The highest BCUT2D eigenvalue weighted by Crippen LogP contribution is 2.36. The first-order valence-electron chi connectivity index (χ1n) is 8.70. The SMILES string of the molecule is COCCc1nnc2n1CC1CCC(C2)N1S(=O)(=O)c1ccccc1F. The summed E-state index contributed by atoms with van der Waals surface area (Å²) in [4.78, 5) is -0.255. The van der Waals surface area contributed by atoms with Crippen LogP contribution in [0.5, 0.6) is 0 Å². The van der Waals surface area contributed by atoms with E-state index in [1.165, 1.54) is 22.5 Å². The molecule has 2 unspecified atom stereocenters. The van der Waals surface area contributed by atoms with Crippen molar-refractivity contribution < 1.29 is 17.5 Å². The second-order valence-corrected chi connectivity index (χ2v) is 8.55. The van der Waals surface area contributed by atoms with Gasteiger partial charge in [0.25, 0.3) is 0 Å². The van der Waals surface area contributed by atoms with Crippen molar-refractivity contribution >= 4 is 10.0 Å². The van der Waals surface area contributed by atoms with Gasteiger partial charge in [-0.3, -0.25) is 0 Å². The van der Waals surface area contributed by atoms with Crippen LogP contribution >= 0.6 is 0 Å². The van der Waals surface area contributed by atoms with Gasteiger partial charge in [0.15, 0.2) is 0 Å². The minimum atomic E-state index is -3.91. The molecule has 2 bridgehead atoms. The summed E-state index contributed by atoms with van der Waals surface area (Å²) in [5.41, 5.74) is 0. The maximum Gasteiger partial charge on any atom is 0.246 e. The molecule has 2 aromatic rings. The smallest absolute Gasteiger partial charge is 0.246 e. The molecule has 2 aliphatic heterocycles. The molecule has 7 nitrogen and oxygen atoms in total. The molecular formula is C17H21FN4O3S. The predicted molar refractivity (Wildman–Crippen MR) is 91.5 cm³/mol. The van der Waals surface area contributed by atoms with Crippen molar-refractivity contribution in [2.75, 3.05) is 13.7 Å². The second kappa shape index (κ2) is 6.71. The van der Waals surface area contributed by atoms with Crippen LogP contribution in [0.4, 0.5) is 4.39 Å². The Labute approximate surface area is 151 Å². The maximum atomic E-state index is 14.2. The number of nitrogens with zero attached hydrogens (tertiary/aromatic N) is 4. The van der Waals surface area contributed by atoms with Gasteiger partial charge in [-0.25, -0.2) is 12.8 Å². The van der Waals surface area contributed by atoms with Gasteiger partial charge in [0.05, 0.1) is 6.61 Å². The van der Waals surface area contributed by atoms with Crippen LogP contribution in [0.25, 0.3) is 0 Å². The standard InChI is InChI=1S/C17H21FN4O3S/c1-25-9-8-16-19-20-17-10-12-6-7-13(11-21(16)17)22(12)26(23,24)15-5-3-2-4-14(15)18/h2-5,12-13H,6-11H2,1H3. The lowest BCUT2D eigenvalue weighted by molar-refractivity contribution is 0.199. The lowest BCUT2D eigenvalue weighted by Gasteiger charge is -2.27. The molecule has 1 saturated heterocycles. The van der Waals surface area contributed by atoms with Crippen molar-refractivity contribution in [3.8, 4) is 0 Å². The van der Waals surface area contributed by atoms with Crippen LogP contribution < -0.4 is 0 Å². The molecule has 0 radical (unpaired) electrons. The Hall–Kier alpha value is -1.84. The Bertz CT molecular complexity index is 914. The van der Waals surface area contributed by atoms with E-state index in [1.54, 1.807) is 13.2 Å². The van der Waals surface area contributed by atoms with E-state index in [9.17, 15) is 12.8 Å². The third-order valence-electron chi connectivity index (χ3n) is 5.19. The van der Waals surface area contributed by atoms with Crippen LogP contribution in [0.2, 0.25) is 0 Å². The van der Waals surface area contributed by atoms with Crippen LogP contribution in [-0.2, 0) is 34.1 Å². The number of sulfonamides is 1. The predicted octanol–water partition coefficient (Wildman–Crippen LogP) is 1.38. The number of fused-ring (bicyclic) bond motifs is 3. The number of rotatable bonds is 5. The van der Waals surface area contributed by atoms with Crippen molar-refractivity contribution in [1.29, 1.82) is 0 Å². The largest absolute Gasteiger partial charge is 0.384 e. The van der Waals surface area contributed by atoms with Crippen LogP contribution in [-0.4, -0.2) is 53.3 Å². The topological polar surface area (TPSA) is 77.3 Å². The Balaban J connectivity index is 1.69. The van der Waals surface area contributed by atoms with Crippen molar-refractivity contribution in [1.82, 2.24) is 19.1 Å². The minimum Gasteiger partial charge on any atom is -0.384 e. The Morgan fingerprint density at radius 2 is 2.00 bits per heavy atom. The first-order valence-corrected chi connectivity index (χ1v) is 10.1. The molecule has 1 aromatic heterocycles. The first kappa shape index (κ1) is 17.6. The summed E-state index contributed by atoms with van der Waals surface area (Å²) in [7, 11) is -2.28. The molecule has 1 aromatic carbocycles. The molecule has 2 atom stereocenters. The zero-order valence-corrected chi connectivity index (χ0v) is 15.3. The summed E-state index contributed by atoms with van der Waals surface area (Å²) < 4.78 is 49.1. The molecule has 26 heavy (non-hydrogen) atoms. The molecule has 0 amide bonds. The number of hydrogen-bond acceptors (Lipinski definition) is 5. The number of halogens is 1. The van der Waals surface area contributed by atoms with Gasteiger partial charge in [-0.15, -0.1) is 10.2 Å². The van der Waals surface area contributed by atoms with E-state index in [4.69, 9.17) is 4.74 Å². The zero-order chi connectivity index (χ0) is 18.3. The lowest BCUT2D eigenvalue weighted by atomic mass is 10.1. The summed E-state index contributed by atoms with van der Waals surface area (Å²) in [5.74, 6) is 0.881. The highest BCUT2D eigenvalue weighted by atomic mass is 32.2. The number of methoxy groups -OCH3 is 1. The maximum absolute atomic E-state index is 14.2. The highest BCUT2D eigenvalue weighted by molar-refractivity contribution is 7.89. The van der Waals surface area contributed by atoms with E-state index in [2.05, 4.69) is 10.2 Å². The van der Waals surface area contributed by atoms with E-state index in [1.807, 2.05) is 4.57 Å². The zero-order valence-electron chi connectivity index (χ0n) is 14.5. The van der Waals surface area contributed by atoms with Crippen molar-refractivity contribution in [2.45, 2.75) is 49.2 Å². The second-order valence-electron chi connectivity index (χ2n) is 6.74. The molecule has 0 aliphatic carbocycles. The number of ether oxygens (including phenoxy) is 1. The molecule has 1 fully saturated rings. The molecule has 0 spiro atoms. The van der Waals surface area contributed by atoms with Crippen molar-refractivity contribution in [3.63, 3.8) is 0 Å². The fraction of sp³-hybridized carbons (Fsp3) is 0.529. The summed E-state index contributed by atoms with van der Waals surface area (Å²) in [6, 6.07) is 5.12. The van der Waals surface area contributed by atoms with Gasteiger partial charge in [0.2, 0.25) is 10.0 Å². The van der Waals surface area contributed by atoms with Crippen LogP contribution in [0.1, 0.15) is 24.5 Å². The van der Waals surface area contributed by atoms with E-state index in [-0.39, 0.29) is 17.0 Å². The molecular weight excluding hydrogens is 359 g/mol. The molecule has 0 saturated carbocycles. The quantitative estimate of drug-likeness (QED) is 0.783. The lowest BCUT2D eigenvalue weighted by Crippen LogP contribution is -2.42. The minimum absolute atomic E-state index is 0.217. The van der Waals surface area contributed by atoms with Crippen LogP contribution in [0.3, 0.4) is 0 Å². The van der Waals surface area contributed by atoms with E-state index < -0.39 is 15.8 Å². The fourth-order valence-electron chi connectivity index (χ4n) is 4.00. The third-order valence-corrected chi connectivity index (χ3v) is 7.23. The van der Waals surface area contributed by atoms with Gasteiger partial charge in [-0.05, 0) is 25.0 Å². The average molecular weight is 380 g/mol. The average Bonchev–Trinajstić information content (AvgIpc) is 3.13.